The minimum Gasteiger partial charge on any atom is -0.493 e. The molecule has 0 bridgehead atoms. The van der Waals surface area contributed by atoms with Crippen LogP contribution in [0.2, 0.25) is 0 Å². The van der Waals surface area contributed by atoms with Crippen LogP contribution < -0.4 is 24.4 Å². The highest BCUT2D eigenvalue weighted by Gasteiger charge is 2.42. The first-order valence-electron chi connectivity index (χ1n) is 10.6. The third-order valence-corrected chi connectivity index (χ3v) is 6.55. The van der Waals surface area contributed by atoms with Crippen LogP contribution in [-0.4, -0.2) is 52.4 Å². The first-order chi connectivity index (χ1) is 13.6. The van der Waals surface area contributed by atoms with Gasteiger partial charge in [-0.3, -0.25) is 4.79 Å². The van der Waals surface area contributed by atoms with Gasteiger partial charge >= 0.3 is 0 Å². The molecule has 1 saturated heterocycles. The van der Waals surface area contributed by atoms with Crippen LogP contribution in [-0.2, 0) is 0 Å². The maximum atomic E-state index is 13.1. The first kappa shape index (κ1) is 20.8. The summed E-state index contributed by atoms with van der Waals surface area (Å²) in [6.45, 7) is 3.18. The smallest absolute Gasteiger partial charge is 0.255 e. The second-order valence-electron chi connectivity index (χ2n) is 8.07. The lowest BCUT2D eigenvalue weighted by Gasteiger charge is -2.45. The summed E-state index contributed by atoms with van der Waals surface area (Å²) in [6.07, 6.45) is 10.2. The van der Waals surface area contributed by atoms with Crippen LogP contribution in [0.4, 0.5) is 0 Å². The Labute approximate surface area is 168 Å². The molecule has 0 spiro atoms. The summed E-state index contributed by atoms with van der Waals surface area (Å²) in [5, 5.41) is 3.23. The van der Waals surface area contributed by atoms with Crippen molar-refractivity contribution in [2.75, 3.05) is 41.0 Å². The quantitative estimate of drug-likeness (QED) is 0.748. The first-order valence-corrected chi connectivity index (χ1v) is 10.6. The van der Waals surface area contributed by atoms with Gasteiger partial charge in [-0.1, -0.05) is 6.42 Å². The van der Waals surface area contributed by atoms with Crippen LogP contribution in [0.5, 0.6) is 17.2 Å². The van der Waals surface area contributed by atoms with E-state index in [9.17, 15) is 4.79 Å². The number of carbonyl (C=O) groups excluding carboxylic acids is 1. The monoisotopic (exact) mass is 391 g/mol. The molecule has 28 heavy (non-hydrogen) atoms. The number of hydrogen-bond donors (Lipinski definition) is 2. The van der Waals surface area contributed by atoms with Gasteiger partial charge in [0.1, 0.15) is 5.54 Å². The Balaban J connectivity index is 1.78. The molecule has 1 aromatic carbocycles. The average molecular weight is 392 g/mol. The summed E-state index contributed by atoms with van der Waals surface area (Å²) in [7, 11) is 4.68. The number of methoxy groups -OCH3 is 3. The predicted octanol–water partition coefficient (Wildman–Crippen LogP) is 2.21. The largest absolute Gasteiger partial charge is 0.493 e. The van der Waals surface area contributed by atoms with E-state index in [4.69, 9.17) is 14.2 Å². The fourth-order valence-electron chi connectivity index (χ4n) is 5.02. The van der Waals surface area contributed by atoms with Gasteiger partial charge in [-0.15, -0.1) is 0 Å². The van der Waals surface area contributed by atoms with Crippen molar-refractivity contribution in [2.45, 2.75) is 56.9 Å². The summed E-state index contributed by atoms with van der Waals surface area (Å²) >= 11 is 0. The molecule has 0 unspecified atom stereocenters. The molecule has 1 saturated carbocycles. The maximum Gasteiger partial charge on any atom is 0.255 e. The molecule has 1 heterocycles. The number of rotatable bonds is 7. The molecule has 1 amide bonds. The van der Waals surface area contributed by atoms with Gasteiger partial charge in [0.2, 0.25) is 5.75 Å². The highest BCUT2D eigenvalue weighted by Crippen LogP contribution is 2.39. The number of hydrogen-bond acceptors (Lipinski definition) is 4. The molecule has 2 fully saturated rings. The van der Waals surface area contributed by atoms with Crippen LogP contribution in [0.3, 0.4) is 0 Å². The van der Waals surface area contributed by atoms with Gasteiger partial charge in [-0.2, -0.15) is 0 Å². The number of carbonyl (C=O) groups is 1. The maximum absolute atomic E-state index is 13.1. The Morgan fingerprint density at radius 3 is 2.18 bits per heavy atom. The Bertz CT molecular complexity index is 665. The number of benzene rings is 1. The van der Waals surface area contributed by atoms with Crippen molar-refractivity contribution in [3.05, 3.63) is 17.7 Å². The standard InChI is InChI=1S/C22H34N2O4/c1-26-18-11-10-17(19(27-2)20(18)28-3)21(25)23-16-22(12-6-4-7-13-22)24-14-8-5-9-15-24/h10-11H,4-9,12-16H2,1-3H3,(H,23,25)/p+1. The molecule has 0 radical (unpaired) electrons. The second-order valence-corrected chi connectivity index (χ2v) is 8.07. The van der Waals surface area contributed by atoms with Crippen molar-refractivity contribution in [2.24, 2.45) is 0 Å². The zero-order valence-corrected chi connectivity index (χ0v) is 17.6. The Kier molecular flexibility index (Phi) is 7.05. The number of ether oxygens (including phenoxy) is 3. The lowest BCUT2D eigenvalue weighted by molar-refractivity contribution is -0.957. The van der Waals surface area contributed by atoms with E-state index in [2.05, 4.69) is 5.32 Å². The predicted molar refractivity (Wildman–Crippen MR) is 109 cm³/mol. The van der Waals surface area contributed by atoms with Crippen LogP contribution in [0.1, 0.15) is 61.7 Å². The van der Waals surface area contributed by atoms with Crippen molar-refractivity contribution in [1.82, 2.24) is 5.32 Å². The normalized spacial score (nSPS) is 19.7. The molecule has 1 aliphatic carbocycles. The summed E-state index contributed by atoms with van der Waals surface area (Å²) < 4.78 is 16.2. The highest BCUT2D eigenvalue weighted by molar-refractivity contribution is 5.98. The van der Waals surface area contributed by atoms with Crippen LogP contribution >= 0.6 is 0 Å². The van der Waals surface area contributed by atoms with E-state index in [1.165, 1.54) is 64.5 Å². The summed E-state index contributed by atoms with van der Waals surface area (Å²) in [6, 6.07) is 3.50. The molecular weight excluding hydrogens is 356 g/mol. The Morgan fingerprint density at radius 1 is 0.929 bits per heavy atom. The molecule has 2 N–H and O–H groups in total. The van der Waals surface area contributed by atoms with Gasteiger partial charge in [0.25, 0.3) is 5.91 Å². The van der Waals surface area contributed by atoms with Gasteiger partial charge in [-0.25, -0.2) is 0 Å². The highest BCUT2D eigenvalue weighted by atomic mass is 16.5. The summed E-state index contributed by atoms with van der Waals surface area (Å²) in [4.78, 5) is 14.8. The van der Waals surface area contributed by atoms with Crippen molar-refractivity contribution < 1.29 is 23.9 Å². The molecular formula is C22H35N2O4+. The van der Waals surface area contributed by atoms with E-state index >= 15 is 0 Å². The molecule has 0 atom stereocenters. The third-order valence-electron chi connectivity index (χ3n) is 6.55. The van der Waals surface area contributed by atoms with Crippen LogP contribution in [0.15, 0.2) is 12.1 Å². The minimum atomic E-state index is -0.112. The van der Waals surface area contributed by atoms with Gasteiger partial charge in [0.05, 0.1) is 46.5 Å². The van der Waals surface area contributed by atoms with Crippen LogP contribution in [0, 0.1) is 0 Å². The van der Waals surface area contributed by atoms with E-state index in [0.29, 0.717) is 22.8 Å². The number of amides is 1. The van der Waals surface area contributed by atoms with Gasteiger partial charge < -0.3 is 24.4 Å². The topological polar surface area (TPSA) is 61.2 Å². The molecule has 0 aromatic heterocycles. The molecule has 156 valence electrons. The molecule has 6 heteroatoms. The Morgan fingerprint density at radius 2 is 1.57 bits per heavy atom. The molecule has 1 aromatic rings. The van der Waals surface area contributed by atoms with Crippen LogP contribution in [0.25, 0.3) is 0 Å². The van der Waals surface area contributed by atoms with Crippen molar-refractivity contribution >= 4 is 5.91 Å². The minimum absolute atomic E-state index is 0.112. The number of likely N-dealkylation sites (tertiary alicyclic amines) is 1. The SMILES string of the molecule is COc1ccc(C(=O)NCC2([NH+]3CCCCC3)CCCCC2)c(OC)c1OC. The lowest BCUT2D eigenvalue weighted by Crippen LogP contribution is -3.22. The fourth-order valence-corrected chi connectivity index (χ4v) is 5.02. The lowest BCUT2D eigenvalue weighted by atomic mass is 9.79. The second kappa shape index (κ2) is 9.50. The zero-order valence-electron chi connectivity index (χ0n) is 17.6. The summed E-state index contributed by atoms with van der Waals surface area (Å²) in [5.41, 5.74) is 0.665. The van der Waals surface area contributed by atoms with E-state index in [1.807, 2.05) is 0 Å². The number of quaternary nitrogens is 1. The number of nitrogens with one attached hydrogen (secondary N) is 2. The molecule has 1 aliphatic heterocycles. The number of piperidine rings is 1. The van der Waals surface area contributed by atoms with Crippen molar-refractivity contribution in [3.8, 4) is 17.2 Å². The Hall–Kier alpha value is -1.95. The molecule has 6 nitrogen and oxygen atoms in total. The van der Waals surface area contributed by atoms with E-state index < -0.39 is 0 Å². The zero-order chi connectivity index (χ0) is 20.0. The average Bonchev–Trinajstić information content (AvgIpc) is 2.77. The van der Waals surface area contributed by atoms with Crippen molar-refractivity contribution in [3.63, 3.8) is 0 Å². The van der Waals surface area contributed by atoms with E-state index in [-0.39, 0.29) is 11.4 Å². The third kappa shape index (κ3) is 4.22. The van der Waals surface area contributed by atoms with Gasteiger partial charge in [0, 0.05) is 12.8 Å². The fraction of sp³-hybridized carbons (Fsp3) is 0.682. The van der Waals surface area contributed by atoms with E-state index in [1.54, 1.807) is 38.4 Å². The summed E-state index contributed by atoms with van der Waals surface area (Å²) in [5.74, 6) is 1.31. The van der Waals surface area contributed by atoms with Gasteiger partial charge in [-0.05, 0) is 44.2 Å². The van der Waals surface area contributed by atoms with E-state index in [0.717, 1.165) is 6.54 Å². The van der Waals surface area contributed by atoms with Gasteiger partial charge in [0.15, 0.2) is 11.5 Å². The molecule has 2 aliphatic rings. The van der Waals surface area contributed by atoms with Crippen molar-refractivity contribution in [1.29, 1.82) is 0 Å². The molecule has 3 rings (SSSR count).